The van der Waals surface area contributed by atoms with Gasteiger partial charge in [-0.2, -0.15) is 0 Å². The van der Waals surface area contributed by atoms with Crippen molar-refractivity contribution in [3.63, 3.8) is 0 Å². The standard InChI is InChI=1S/C12H18N2O2.C2H6/c1-9(2)7-13-8-10-3-5-11(6-4-10)12(15)14-16;1-2/h3-6,9,13,16H,7-8H2,1-2H3,(H,14,15);1-2H3. The van der Waals surface area contributed by atoms with E-state index in [1.54, 1.807) is 17.6 Å². The molecule has 0 aliphatic heterocycles. The van der Waals surface area contributed by atoms with Crippen molar-refractivity contribution in [1.29, 1.82) is 0 Å². The number of hydrogen-bond donors (Lipinski definition) is 3. The summed E-state index contributed by atoms with van der Waals surface area (Å²) in [5.74, 6) is 0.140. The second kappa shape index (κ2) is 9.62. The lowest BCUT2D eigenvalue weighted by Crippen LogP contribution is -2.20. The Morgan fingerprint density at radius 1 is 1.22 bits per heavy atom. The average Bonchev–Trinajstić information content (AvgIpc) is 2.40. The van der Waals surface area contributed by atoms with Crippen molar-refractivity contribution in [3.8, 4) is 0 Å². The zero-order valence-corrected chi connectivity index (χ0v) is 11.7. The van der Waals surface area contributed by atoms with Gasteiger partial charge in [0, 0.05) is 12.1 Å². The van der Waals surface area contributed by atoms with Crippen LogP contribution < -0.4 is 10.8 Å². The normalized spacial score (nSPS) is 9.67. The first-order valence-corrected chi connectivity index (χ1v) is 6.37. The minimum Gasteiger partial charge on any atom is -0.312 e. The van der Waals surface area contributed by atoms with Crippen LogP contribution in [0.15, 0.2) is 24.3 Å². The van der Waals surface area contributed by atoms with Gasteiger partial charge in [0.1, 0.15) is 0 Å². The molecule has 4 heteroatoms. The molecule has 0 saturated heterocycles. The predicted molar refractivity (Wildman–Crippen MR) is 73.6 cm³/mol. The number of nitrogens with one attached hydrogen (secondary N) is 2. The molecule has 3 N–H and O–H groups in total. The SMILES string of the molecule is CC.CC(C)CNCc1ccc(C(=O)NO)cc1. The Kier molecular flexibility index (Phi) is 8.88. The van der Waals surface area contributed by atoms with E-state index in [4.69, 9.17) is 5.21 Å². The smallest absolute Gasteiger partial charge is 0.274 e. The first-order chi connectivity index (χ1) is 8.63. The molecule has 102 valence electrons. The van der Waals surface area contributed by atoms with E-state index < -0.39 is 5.91 Å². The van der Waals surface area contributed by atoms with E-state index in [-0.39, 0.29) is 0 Å². The third-order valence-corrected chi connectivity index (χ3v) is 2.20. The highest BCUT2D eigenvalue weighted by molar-refractivity contribution is 5.93. The number of carbonyl (C=O) groups excluding carboxylic acids is 1. The van der Waals surface area contributed by atoms with E-state index in [2.05, 4.69) is 19.2 Å². The fourth-order valence-electron chi connectivity index (χ4n) is 1.34. The summed E-state index contributed by atoms with van der Waals surface area (Å²) >= 11 is 0. The van der Waals surface area contributed by atoms with Gasteiger partial charge in [-0.25, -0.2) is 5.48 Å². The maximum Gasteiger partial charge on any atom is 0.274 e. The van der Waals surface area contributed by atoms with E-state index in [1.807, 2.05) is 26.0 Å². The number of amides is 1. The van der Waals surface area contributed by atoms with Crippen molar-refractivity contribution in [1.82, 2.24) is 10.8 Å². The molecule has 0 saturated carbocycles. The second-order valence-corrected chi connectivity index (χ2v) is 4.16. The fraction of sp³-hybridized carbons (Fsp3) is 0.500. The molecule has 0 aromatic heterocycles. The van der Waals surface area contributed by atoms with Crippen LogP contribution >= 0.6 is 0 Å². The molecular formula is C14H24N2O2. The van der Waals surface area contributed by atoms with Gasteiger partial charge in [0.15, 0.2) is 0 Å². The predicted octanol–water partition coefficient (Wildman–Crippen LogP) is 2.58. The van der Waals surface area contributed by atoms with Gasteiger partial charge in [-0.15, -0.1) is 0 Å². The molecular weight excluding hydrogens is 228 g/mol. The van der Waals surface area contributed by atoms with Gasteiger partial charge in [-0.1, -0.05) is 39.8 Å². The van der Waals surface area contributed by atoms with Gasteiger partial charge < -0.3 is 5.32 Å². The Morgan fingerprint density at radius 3 is 2.22 bits per heavy atom. The highest BCUT2D eigenvalue weighted by Crippen LogP contribution is 2.04. The van der Waals surface area contributed by atoms with Crippen molar-refractivity contribution < 1.29 is 10.0 Å². The molecule has 1 aromatic carbocycles. The highest BCUT2D eigenvalue weighted by Gasteiger charge is 2.02. The van der Waals surface area contributed by atoms with Gasteiger partial charge in [-0.05, 0) is 30.2 Å². The molecule has 0 unspecified atom stereocenters. The largest absolute Gasteiger partial charge is 0.312 e. The van der Waals surface area contributed by atoms with Crippen LogP contribution in [-0.4, -0.2) is 17.7 Å². The lowest BCUT2D eigenvalue weighted by molar-refractivity contribution is 0.0706. The quantitative estimate of drug-likeness (QED) is 0.557. The van der Waals surface area contributed by atoms with E-state index in [1.165, 1.54) is 0 Å². The molecule has 0 heterocycles. The summed E-state index contributed by atoms with van der Waals surface area (Å²) in [5, 5.41) is 11.8. The topological polar surface area (TPSA) is 61.4 Å². The maximum atomic E-state index is 11.1. The lowest BCUT2D eigenvalue weighted by atomic mass is 10.1. The summed E-state index contributed by atoms with van der Waals surface area (Å²) in [7, 11) is 0. The van der Waals surface area contributed by atoms with Crippen LogP contribution in [0.2, 0.25) is 0 Å². The van der Waals surface area contributed by atoms with E-state index in [0.29, 0.717) is 11.5 Å². The number of hydrogen-bond acceptors (Lipinski definition) is 3. The van der Waals surface area contributed by atoms with E-state index in [0.717, 1.165) is 18.7 Å². The first kappa shape index (κ1) is 16.6. The second-order valence-electron chi connectivity index (χ2n) is 4.16. The summed E-state index contributed by atoms with van der Waals surface area (Å²) in [6, 6.07) is 7.13. The molecule has 1 rings (SSSR count). The van der Waals surface area contributed by atoms with Crippen molar-refractivity contribution in [2.75, 3.05) is 6.54 Å². The zero-order chi connectivity index (χ0) is 14.0. The molecule has 0 bridgehead atoms. The summed E-state index contributed by atoms with van der Waals surface area (Å²) in [6.45, 7) is 10.1. The first-order valence-electron chi connectivity index (χ1n) is 6.37. The molecule has 0 fully saturated rings. The molecule has 0 aliphatic rings. The molecule has 18 heavy (non-hydrogen) atoms. The van der Waals surface area contributed by atoms with Crippen LogP contribution in [0.3, 0.4) is 0 Å². The third-order valence-electron chi connectivity index (χ3n) is 2.20. The van der Waals surface area contributed by atoms with E-state index >= 15 is 0 Å². The Morgan fingerprint density at radius 2 is 1.78 bits per heavy atom. The lowest BCUT2D eigenvalue weighted by Gasteiger charge is -2.07. The molecule has 0 aliphatic carbocycles. The fourth-order valence-corrected chi connectivity index (χ4v) is 1.34. The Bertz CT molecular complexity index is 334. The number of hydroxylamine groups is 1. The van der Waals surface area contributed by atoms with Crippen LogP contribution in [-0.2, 0) is 6.54 Å². The summed E-state index contributed by atoms with van der Waals surface area (Å²) in [4.78, 5) is 11.1. The summed E-state index contributed by atoms with van der Waals surface area (Å²) < 4.78 is 0. The van der Waals surface area contributed by atoms with Crippen molar-refractivity contribution >= 4 is 5.91 Å². The highest BCUT2D eigenvalue weighted by atomic mass is 16.5. The van der Waals surface area contributed by atoms with E-state index in [9.17, 15) is 4.79 Å². The zero-order valence-electron chi connectivity index (χ0n) is 11.7. The third kappa shape index (κ3) is 6.37. The number of benzene rings is 1. The maximum absolute atomic E-state index is 11.1. The average molecular weight is 252 g/mol. The van der Waals surface area contributed by atoms with Gasteiger partial charge in [0.05, 0.1) is 0 Å². The molecule has 1 amide bonds. The van der Waals surface area contributed by atoms with Crippen LogP contribution in [0.1, 0.15) is 43.6 Å². The van der Waals surface area contributed by atoms with Gasteiger partial charge >= 0.3 is 0 Å². The molecule has 1 aromatic rings. The van der Waals surface area contributed by atoms with Crippen molar-refractivity contribution in [2.45, 2.75) is 34.2 Å². The Labute approximate surface area is 109 Å². The van der Waals surface area contributed by atoms with Gasteiger partial charge in [0.2, 0.25) is 0 Å². The van der Waals surface area contributed by atoms with Gasteiger partial charge in [0.25, 0.3) is 5.91 Å². The monoisotopic (exact) mass is 252 g/mol. The molecule has 0 atom stereocenters. The summed E-state index contributed by atoms with van der Waals surface area (Å²) in [6.07, 6.45) is 0. The van der Waals surface area contributed by atoms with Crippen LogP contribution in [0.5, 0.6) is 0 Å². The Balaban J connectivity index is 0.00000137. The molecule has 4 nitrogen and oxygen atoms in total. The minimum absolute atomic E-state index is 0.454. The molecule has 0 radical (unpaired) electrons. The van der Waals surface area contributed by atoms with Crippen LogP contribution in [0, 0.1) is 5.92 Å². The van der Waals surface area contributed by atoms with Crippen molar-refractivity contribution in [2.24, 2.45) is 5.92 Å². The van der Waals surface area contributed by atoms with Gasteiger partial charge in [-0.3, -0.25) is 10.0 Å². The van der Waals surface area contributed by atoms with Crippen molar-refractivity contribution in [3.05, 3.63) is 35.4 Å². The summed E-state index contributed by atoms with van der Waals surface area (Å²) in [5.41, 5.74) is 3.18. The molecule has 0 spiro atoms. The van der Waals surface area contributed by atoms with Crippen LogP contribution in [0.25, 0.3) is 0 Å². The minimum atomic E-state index is -0.485. The number of carbonyl (C=O) groups is 1. The Hall–Kier alpha value is -1.39. The van der Waals surface area contributed by atoms with Crippen LogP contribution in [0.4, 0.5) is 0 Å². The number of rotatable bonds is 5.